The smallest absolute Gasteiger partial charge is 0.326 e. The molecule has 0 aromatic carbocycles. The van der Waals surface area contributed by atoms with Crippen molar-refractivity contribution in [3.8, 4) is 0 Å². The van der Waals surface area contributed by atoms with Crippen LogP contribution in [0.1, 0.15) is 53.7 Å². The molecule has 0 radical (unpaired) electrons. The van der Waals surface area contributed by atoms with Gasteiger partial charge in [-0.2, -0.15) is 0 Å². The highest BCUT2D eigenvalue weighted by Gasteiger charge is 2.26. The van der Waals surface area contributed by atoms with Crippen LogP contribution in [0.3, 0.4) is 0 Å². The Balaban J connectivity index is 2.61. The first-order valence-corrected chi connectivity index (χ1v) is 10.3. The van der Waals surface area contributed by atoms with Gasteiger partial charge in [0.25, 0.3) is 0 Å². The normalized spacial score (nSPS) is 13.5. The van der Waals surface area contributed by atoms with E-state index in [9.17, 15) is 14.4 Å². The number of carbonyl (C=O) groups is 3. The van der Waals surface area contributed by atoms with Crippen LogP contribution in [-0.4, -0.2) is 57.0 Å². The average molecular weight is 414 g/mol. The molecule has 0 saturated carbocycles. The predicted octanol–water partition coefficient (Wildman–Crippen LogP) is 3.01. The standard InChI is InChI=1S/C19H31N3O5S/c1-8-12(2)22(10-17(24)26-19(5,6)7)16(23)11-28-14(4)18(25)20-15-9-13(3)27-21-15/h9,12,14H,8,10-11H2,1-7H3,(H,20,21,25)/t12-,14+/m1/s1. The fourth-order valence-corrected chi connectivity index (χ4v) is 3.00. The lowest BCUT2D eigenvalue weighted by Crippen LogP contribution is -2.44. The van der Waals surface area contributed by atoms with Crippen LogP contribution in [0.25, 0.3) is 0 Å². The Kier molecular flexibility index (Phi) is 9.00. The van der Waals surface area contributed by atoms with Crippen LogP contribution in [0.15, 0.2) is 10.6 Å². The Morgan fingerprint density at radius 3 is 2.46 bits per heavy atom. The quantitative estimate of drug-likeness (QED) is 0.621. The van der Waals surface area contributed by atoms with Crippen LogP contribution in [0.4, 0.5) is 5.82 Å². The number of anilines is 1. The van der Waals surface area contributed by atoms with Crippen molar-refractivity contribution >= 4 is 35.4 Å². The first-order valence-electron chi connectivity index (χ1n) is 9.30. The van der Waals surface area contributed by atoms with Crippen LogP contribution in [0.2, 0.25) is 0 Å². The second-order valence-electron chi connectivity index (χ2n) is 7.63. The van der Waals surface area contributed by atoms with Gasteiger partial charge in [-0.05, 0) is 48.0 Å². The minimum atomic E-state index is -0.609. The Morgan fingerprint density at radius 1 is 1.32 bits per heavy atom. The fraction of sp³-hybridized carbons (Fsp3) is 0.684. The Hall–Kier alpha value is -2.03. The molecule has 2 amide bonds. The zero-order valence-electron chi connectivity index (χ0n) is 17.7. The van der Waals surface area contributed by atoms with E-state index in [1.54, 1.807) is 40.7 Å². The molecule has 0 spiro atoms. The fourth-order valence-electron chi connectivity index (χ4n) is 2.23. The second kappa shape index (κ2) is 10.5. The monoisotopic (exact) mass is 413 g/mol. The summed E-state index contributed by atoms with van der Waals surface area (Å²) in [6.07, 6.45) is 0.709. The van der Waals surface area contributed by atoms with Gasteiger partial charge in [-0.1, -0.05) is 12.1 Å². The van der Waals surface area contributed by atoms with Gasteiger partial charge in [0.1, 0.15) is 17.9 Å². The van der Waals surface area contributed by atoms with Gasteiger partial charge in [-0.25, -0.2) is 0 Å². The van der Waals surface area contributed by atoms with Crippen LogP contribution in [-0.2, 0) is 19.1 Å². The molecule has 0 aliphatic carbocycles. The minimum Gasteiger partial charge on any atom is -0.459 e. The largest absolute Gasteiger partial charge is 0.459 e. The minimum absolute atomic E-state index is 0.0829. The van der Waals surface area contributed by atoms with E-state index in [0.29, 0.717) is 18.0 Å². The molecule has 0 bridgehead atoms. The summed E-state index contributed by atoms with van der Waals surface area (Å²) in [5.41, 5.74) is -0.609. The van der Waals surface area contributed by atoms with Gasteiger partial charge in [0.05, 0.1) is 11.0 Å². The van der Waals surface area contributed by atoms with E-state index < -0.39 is 16.8 Å². The van der Waals surface area contributed by atoms with E-state index in [0.717, 1.165) is 0 Å². The van der Waals surface area contributed by atoms with Gasteiger partial charge < -0.3 is 19.5 Å². The maximum Gasteiger partial charge on any atom is 0.326 e. The van der Waals surface area contributed by atoms with Gasteiger partial charge in [0.15, 0.2) is 5.82 Å². The number of aryl methyl sites for hydroxylation is 1. The van der Waals surface area contributed by atoms with E-state index in [2.05, 4.69) is 10.5 Å². The molecule has 0 fully saturated rings. The third kappa shape index (κ3) is 8.33. The number of nitrogens with one attached hydrogen (secondary N) is 1. The molecule has 28 heavy (non-hydrogen) atoms. The Morgan fingerprint density at radius 2 is 1.96 bits per heavy atom. The summed E-state index contributed by atoms with van der Waals surface area (Å²) in [5.74, 6) is 0.0953. The molecule has 1 aromatic rings. The molecule has 9 heteroatoms. The third-order valence-electron chi connectivity index (χ3n) is 3.87. The number of hydrogen-bond acceptors (Lipinski definition) is 7. The predicted molar refractivity (Wildman–Crippen MR) is 109 cm³/mol. The highest BCUT2D eigenvalue weighted by Crippen LogP contribution is 2.17. The maximum atomic E-state index is 12.7. The maximum absolute atomic E-state index is 12.7. The number of ether oxygens (including phenoxy) is 1. The second-order valence-corrected chi connectivity index (χ2v) is 8.96. The summed E-state index contributed by atoms with van der Waals surface area (Å²) < 4.78 is 10.2. The number of carbonyl (C=O) groups excluding carboxylic acids is 3. The molecule has 0 aliphatic heterocycles. The van der Waals surface area contributed by atoms with Gasteiger partial charge in [0.2, 0.25) is 11.8 Å². The van der Waals surface area contributed by atoms with E-state index >= 15 is 0 Å². The summed E-state index contributed by atoms with van der Waals surface area (Å²) in [6.45, 7) is 12.5. The van der Waals surface area contributed by atoms with E-state index in [-0.39, 0.29) is 30.2 Å². The average Bonchev–Trinajstić information content (AvgIpc) is 2.99. The number of rotatable bonds is 9. The molecule has 1 rings (SSSR count). The van der Waals surface area contributed by atoms with Crippen molar-refractivity contribution in [1.29, 1.82) is 0 Å². The molecule has 0 unspecified atom stereocenters. The topological polar surface area (TPSA) is 102 Å². The number of amides is 2. The van der Waals surface area contributed by atoms with E-state index in [1.807, 2.05) is 13.8 Å². The molecule has 0 saturated heterocycles. The summed E-state index contributed by atoms with van der Waals surface area (Å²) in [6, 6.07) is 1.51. The number of aromatic nitrogens is 1. The molecular weight excluding hydrogens is 382 g/mol. The zero-order valence-corrected chi connectivity index (χ0v) is 18.5. The van der Waals surface area contributed by atoms with Gasteiger partial charge in [0, 0.05) is 12.1 Å². The summed E-state index contributed by atoms with van der Waals surface area (Å²) >= 11 is 1.20. The highest BCUT2D eigenvalue weighted by atomic mass is 32.2. The van der Waals surface area contributed by atoms with Crippen molar-refractivity contribution < 1.29 is 23.6 Å². The highest BCUT2D eigenvalue weighted by molar-refractivity contribution is 8.01. The third-order valence-corrected chi connectivity index (χ3v) is 5.00. The van der Waals surface area contributed by atoms with Crippen molar-refractivity contribution in [2.45, 2.75) is 71.8 Å². The number of thioether (sulfide) groups is 1. The molecule has 1 N–H and O–H groups in total. The van der Waals surface area contributed by atoms with Crippen molar-refractivity contribution in [3.63, 3.8) is 0 Å². The first-order chi connectivity index (χ1) is 12.9. The van der Waals surface area contributed by atoms with Crippen molar-refractivity contribution in [2.75, 3.05) is 17.6 Å². The van der Waals surface area contributed by atoms with Gasteiger partial charge >= 0.3 is 5.97 Å². The molecule has 1 aromatic heterocycles. The summed E-state index contributed by atoms with van der Waals surface area (Å²) in [4.78, 5) is 38.5. The van der Waals surface area contributed by atoms with E-state index in [4.69, 9.17) is 9.26 Å². The molecule has 1 heterocycles. The SMILES string of the molecule is CC[C@@H](C)N(CC(=O)OC(C)(C)C)C(=O)CS[C@@H](C)C(=O)Nc1cc(C)on1. The Labute approximate surface area is 170 Å². The van der Waals surface area contributed by atoms with Gasteiger partial charge in [-0.15, -0.1) is 11.8 Å². The lowest BCUT2D eigenvalue weighted by molar-refractivity contribution is -0.159. The van der Waals surface area contributed by atoms with Crippen LogP contribution >= 0.6 is 11.8 Å². The number of hydrogen-bond donors (Lipinski definition) is 1. The summed E-state index contributed by atoms with van der Waals surface area (Å²) in [7, 11) is 0. The molecule has 158 valence electrons. The van der Waals surface area contributed by atoms with Crippen LogP contribution < -0.4 is 5.32 Å². The molecule has 0 aliphatic rings. The molecular formula is C19H31N3O5S. The number of nitrogens with zero attached hydrogens (tertiary/aromatic N) is 2. The first kappa shape index (κ1) is 24.0. The van der Waals surface area contributed by atoms with Crippen molar-refractivity contribution in [3.05, 3.63) is 11.8 Å². The lowest BCUT2D eigenvalue weighted by Gasteiger charge is -2.29. The van der Waals surface area contributed by atoms with Crippen LogP contribution in [0, 0.1) is 6.92 Å². The van der Waals surface area contributed by atoms with Crippen molar-refractivity contribution in [2.24, 2.45) is 0 Å². The van der Waals surface area contributed by atoms with Crippen LogP contribution in [0.5, 0.6) is 0 Å². The van der Waals surface area contributed by atoms with Crippen molar-refractivity contribution in [1.82, 2.24) is 10.1 Å². The zero-order chi connectivity index (χ0) is 21.5. The van der Waals surface area contributed by atoms with Gasteiger partial charge in [-0.3, -0.25) is 14.4 Å². The molecule has 2 atom stereocenters. The number of esters is 1. The van der Waals surface area contributed by atoms with E-state index in [1.165, 1.54) is 16.7 Å². The lowest BCUT2D eigenvalue weighted by atomic mass is 10.2. The summed E-state index contributed by atoms with van der Waals surface area (Å²) in [5, 5.41) is 5.89. The Bertz CT molecular complexity index is 683. The molecule has 8 nitrogen and oxygen atoms in total.